The van der Waals surface area contributed by atoms with Crippen molar-refractivity contribution in [1.29, 1.82) is 0 Å². The van der Waals surface area contributed by atoms with Crippen molar-refractivity contribution >= 4 is 23.1 Å². The van der Waals surface area contributed by atoms with E-state index in [1.165, 1.54) is 0 Å². The molecule has 0 saturated carbocycles. The van der Waals surface area contributed by atoms with Crippen LogP contribution in [0.15, 0.2) is 24.4 Å². The zero-order valence-corrected chi connectivity index (χ0v) is 11.9. The molecule has 0 spiro atoms. The molecule has 0 saturated heterocycles. The fourth-order valence-corrected chi connectivity index (χ4v) is 1.99. The third-order valence-corrected chi connectivity index (χ3v) is 3.08. The van der Waals surface area contributed by atoms with Gasteiger partial charge in [0.15, 0.2) is 0 Å². The van der Waals surface area contributed by atoms with Crippen molar-refractivity contribution in [3.63, 3.8) is 0 Å². The molecular weight excluding hydrogens is 254 g/mol. The van der Waals surface area contributed by atoms with Gasteiger partial charge in [0.25, 0.3) is 5.91 Å². The molecule has 0 fully saturated rings. The molecule has 0 aliphatic heterocycles. The Kier molecular flexibility index (Phi) is 3.93. The minimum atomic E-state index is -0.208. The molecule has 0 aliphatic carbocycles. The van der Waals surface area contributed by atoms with Gasteiger partial charge in [0, 0.05) is 31.0 Å². The average Bonchev–Trinajstić information content (AvgIpc) is 2.85. The van der Waals surface area contributed by atoms with Crippen molar-refractivity contribution in [3.8, 4) is 0 Å². The number of aromatic nitrogens is 2. The maximum absolute atomic E-state index is 12.4. The van der Waals surface area contributed by atoms with Gasteiger partial charge in [-0.1, -0.05) is 6.92 Å². The number of benzene rings is 1. The molecule has 106 valence electrons. The molecule has 2 aromatic rings. The second-order valence-corrected chi connectivity index (χ2v) is 4.75. The van der Waals surface area contributed by atoms with Crippen LogP contribution in [0.25, 0.3) is 0 Å². The first-order chi connectivity index (χ1) is 9.52. The van der Waals surface area contributed by atoms with Gasteiger partial charge in [-0.3, -0.25) is 9.89 Å². The summed E-state index contributed by atoms with van der Waals surface area (Å²) in [6.45, 7) is 2.01. The monoisotopic (exact) mass is 273 g/mol. The lowest BCUT2D eigenvalue weighted by atomic mass is 10.1. The smallest absolute Gasteiger partial charge is 0.258 e. The SMILES string of the molecule is CCc1cn[nH]c1NC(=O)c1cc(N)ccc1N(C)C. The zero-order chi connectivity index (χ0) is 14.7. The van der Waals surface area contributed by atoms with Gasteiger partial charge in [0.1, 0.15) is 5.82 Å². The third kappa shape index (κ3) is 2.74. The number of aromatic amines is 1. The van der Waals surface area contributed by atoms with E-state index in [1.54, 1.807) is 18.3 Å². The minimum Gasteiger partial charge on any atom is -0.399 e. The Balaban J connectivity index is 2.31. The number of carbonyl (C=O) groups is 1. The highest BCUT2D eigenvalue weighted by Gasteiger charge is 2.15. The maximum Gasteiger partial charge on any atom is 0.258 e. The van der Waals surface area contributed by atoms with Crippen molar-refractivity contribution in [1.82, 2.24) is 10.2 Å². The highest BCUT2D eigenvalue weighted by Crippen LogP contribution is 2.23. The summed E-state index contributed by atoms with van der Waals surface area (Å²) in [6.07, 6.45) is 2.51. The van der Waals surface area contributed by atoms with E-state index in [4.69, 9.17) is 5.73 Å². The summed E-state index contributed by atoms with van der Waals surface area (Å²) in [6, 6.07) is 5.28. The van der Waals surface area contributed by atoms with Gasteiger partial charge in [-0.05, 0) is 24.6 Å². The fraction of sp³-hybridized carbons (Fsp3) is 0.286. The summed E-state index contributed by atoms with van der Waals surface area (Å²) in [5, 5.41) is 9.57. The largest absolute Gasteiger partial charge is 0.399 e. The molecule has 4 N–H and O–H groups in total. The van der Waals surface area contributed by atoms with Crippen LogP contribution in [0.2, 0.25) is 0 Å². The van der Waals surface area contributed by atoms with Crippen LogP contribution in [0.3, 0.4) is 0 Å². The quantitative estimate of drug-likeness (QED) is 0.742. The summed E-state index contributed by atoms with van der Waals surface area (Å²) in [5.74, 6) is 0.421. The molecule has 0 bridgehead atoms. The number of nitrogens with two attached hydrogens (primary N) is 1. The highest BCUT2D eigenvalue weighted by molar-refractivity contribution is 6.08. The Morgan fingerprint density at radius 3 is 2.85 bits per heavy atom. The van der Waals surface area contributed by atoms with Crippen LogP contribution in [-0.4, -0.2) is 30.2 Å². The predicted octanol–water partition coefficient (Wildman–Crippen LogP) is 1.87. The van der Waals surface area contributed by atoms with Crippen molar-refractivity contribution in [2.45, 2.75) is 13.3 Å². The van der Waals surface area contributed by atoms with E-state index in [1.807, 2.05) is 32.0 Å². The Hall–Kier alpha value is -2.50. The molecule has 0 radical (unpaired) electrons. The molecule has 20 heavy (non-hydrogen) atoms. The lowest BCUT2D eigenvalue weighted by Crippen LogP contribution is -2.19. The molecule has 0 atom stereocenters. The number of anilines is 3. The maximum atomic E-state index is 12.4. The lowest BCUT2D eigenvalue weighted by molar-refractivity contribution is 0.102. The summed E-state index contributed by atoms with van der Waals surface area (Å²) in [4.78, 5) is 14.3. The third-order valence-electron chi connectivity index (χ3n) is 3.08. The Bertz CT molecular complexity index is 618. The summed E-state index contributed by atoms with van der Waals surface area (Å²) in [5.41, 5.74) is 8.65. The number of H-pyrrole nitrogens is 1. The second-order valence-electron chi connectivity index (χ2n) is 4.75. The first-order valence-electron chi connectivity index (χ1n) is 6.43. The van der Waals surface area contributed by atoms with Gasteiger partial charge in [-0.2, -0.15) is 5.10 Å². The van der Waals surface area contributed by atoms with E-state index >= 15 is 0 Å². The van der Waals surface area contributed by atoms with Gasteiger partial charge in [0.05, 0.1) is 11.8 Å². The summed E-state index contributed by atoms with van der Waals surface area (Å²) in [7, 11) is 3.77. The van der Waals surface area contributed by atoms with Crippen molar-refractivity contribution < 1.29 is 4.79 Å². The van der Waals surface area contributed by atoms with Crippen LogP contribution in [0.1, 0.15) is 22.8 Å². The van der Waals surface area contributed by atoms with Crippen molar-refractivity contribution in [2.24, 2.45) is 0 Å². The van der Waals surface area contributed by atoms with Crippen molar-refractivity contribution in [2.75, 3.05) is 30.0 Å². The molecule has 1 heterocycles. The second kappa shape index (κ2) is 5.64. The molecule has 1 aromatic heterocycles. The van der Waals surface area contributed by atoms with Gasteiger partial charge in [0.2, 0.25) is 0 Å². The molecule has 1 amide bonds. The van der Waals surface area contributed by atoms with E-state index in [-0.39, 0.29) is 5.91 Å². The fourth-order valence-electron chi connectivity index (χ4n) is 1.99. The number of nitrogens with zero attached hydrogens (tertiary/aromatic N) is 2. The van der Waals surface area contributed by atoms with Crippen LogP contribution in [0.5, 0.6) is 0 Å². The van der Waals surface area contributed by atoms with Crippen LogP contribution in [-0.2, 0) is 6.42 Å². The van der Waals surface area contributed by atoms with Gasteiger partial charge in [-0.15, -0.1) is 0 Å². The van der Waals surface area contributed by atoms with Crippen LogP contribution < -0.4 is 16.0 Å². The normalized spacial score (nSPS) is 10.3. The standard InChI is InChI=1S/C14H19N5O/c1-4-9-8-16-18-13(9)17-14(20)11-7-10(15)5-6-12(11)19(2)3/h5-8H,4,15H2,1-3H3,(H2,16,17,18,20). The Morgan fingerprint density at radius 1 is 1.45 bits per heavy atom. The van der Waals surface area contributed by atoms with Gasteiger partial charge < -0.3 is 16.0 Å². The first kappa shape index (κ1) is 13.9. The number of hydrogen-bond donors (Lipinski definition) is 3. The summed E-state index contributed by atoms with van der Waals surface area (Å²) < 4.78 is 0. The van der Waals surface area contributed by atoms with E-state index in [2.05, 4.69) is 15.5 Å². The lowest BCUT2D eigenvalue weighted by Gasteiger charge is -2.17. The number of hydrogen-bond acceptors (Lipinski definition) is 4. The Labute approximate surface area is 118 Å². The first-order valence-corrected chi connectivity index (χ1v) is 6.43. The molecule has 2 rings (SSSR count). The van der Waals surface area contributed by atoms with Crippen LogP contribution >= 0.6 is 0 Å². The minimum absolute atomic E-state index is 0.208. The molecular formula is C14H19N5O. The summed E-state index contributed by atoms with van der Waals surface area (Å²) >= 11 is 0. The topological polar surface area (TPSA) is 87.0 Å². The number of amides is 1. The Morgan fingerprint density at radius 2 is 2.20 bits per heavy atom. The van der Waals surface area contributed by atoms with Gasteiger partial charge >= 0.3 is 0 Å². The number of carbonyl (C=O) groups excluding carboxylic acids is 1. The molecule has 0 aliphatic rings. The van der Waals surface area contributed by atoms with E-state index in [0.29, 0.717) is 17.1 Å². The van der Waals surface area contributed by atoms with Crippen LogP contribution in [0, 0.1) is 0 Å². The number of nitrogen functional groups attached to an aromatic ring is 1. The molecule has 1 aromatic carbocycles. The predicted molar refractivity (Wildman–Crippen MR) is 81.1 cm³/mol. The van der Waals surface area contributed by atoms with Gasteiger partial charge in [-0.25, -0.2) is 0 Å². The van der Waals surface area contributed by atoms with E-state index in [0.717, 1.165) is 17.7 Å². The molecule has 0 unspecified atom stereocenters. The molecule has 6 nitrogen and oxygen atoms in total. The molecule has 6 heteroatoms. The van der Waals surface area contributed by atoms with E-state index in [9.17, 15) is 4.79 Å². The average molecular weight is 273 g/mol. The number of rotatable bonds is 4. The van der Waals surface area contributed by atoms with Crippen LogP contribution in [0.4, 0.5) is 17.2 Å². The highest BCUT2D eigenvalue weighted by atomic mass is 16.1. The van der Waals surface area contributed by atoms with E-state index < -0.39 is 0 Å². The van der Waals surface area contributed by atoms with Crippen molar-refractivity contribution in [3.05, 3.63) is 35.5 Å². The number of nitrogens with one attached hydrogen (secondary N) is 2. The number of aryl methyl sites for hydroxylation is 1. The zero-order valence-electron chi connectivity index (χ0n) is 11.9.